The van der Waals surface area contributed by atoms with Gasteiger partial charge < -0.3 is 25.1 Å². The summed E-state index contributed by atoms with van der Waals surface area (Å²) in [5.41, 5.74) is 12.1. The number of fused-ring (bicyclic) bond motifs is 1. The maximum absolute atomic E-state index is 11.4. The van der Waals surface area contributed by atoms with E-state index in [1.165, 1.54) is 30.4 Å². The van der Waals surface area contributed by atoms with Crippen LogP contribution in [-0.2, 0) is 33.8 Å². The highest BCUT2D eigenvalue weighted by Crippen LogP contribution is 2.34. The number of nitrogens with zero attached hydrogens (tertiary/aromatic N) is 3. The molecular formula is C38H50N4O5. The Bertz CT molecular complexity index is 1550. The molecule has 2 aromatic carbocycles. The molecule has 1 aromatic heterocycles. The van der Waals surface area contributed by atoms with Crippen molar-refractivity contribution in [3.63, 3.8) is 0 Å². The Labute approximate surface area is 279 Å². The van der Waals surface area contributed by atoms with Gasteiger partial charge in [-0.15, -0.1) is 0 Å². The van der Waals surface area contributed by atoms with E-state index in [0.29, 0.717) is 30.8 Å². The number of unbranched alkanes of at least 4 members (excludes halogenated alkanes) is 2. The second-order valence-electron chi connectivity index (χ2n) is 12.1. The van der Waals surface area contributed by atoms with Crippen molar-refractivity contribution in [1.29, 1.82) is 0 Å². The molecule has 0 spiro atoms. The van der Waals surface area contributed by atoms with Gasteiger partial charge in [0.15, 0.2) is 5.82 Å². The zero-order chi connectivity index (χ0) is 33.8. The molecule has 0 radical (unpaired) electrons. The summed E-state index contributed by atoms with van der Waals surface area (Å²) in [4.78, 5) is 23.0. The van der Waals surface area contributed by atoms with Crippen molar-refractivity contribution in [3.05, 3.63) is 88.6 Å². The van der Waals surface area contributed by atoms with Crippen LogP contribution in [0, 0.1) is 6.92 Å². The average molecular weight is 643 g/mol. The summed E-state index contributed by atoms with van der Waals surface area (Å²) in [7, 11) is 1.77. The summed E-state index contributed by atoms with van der Waals surface area (Å²) in [6, 6.07) is 18.5. The number of aryl methyl sites for hydroxylation is 1. The Balaban J connectivity index is 0.000000930. The molecule has 0 aliphatic carbocycles. The van der Waals surface area contributed by atoms with Crippen LogP contribution in [0.15, 0.2) is 71.4 Å². The van der Waals surface area contributed by atoms with E-state index in [0.717, 1.165) is 61.2 Å². The van der Waals surface area contributed by atoms with Crippen molar-refractivity contribution in [2.45, 2.75) is 85.1 Å². The monoisotopic (exact) mass is 642 g/mol. The van der Waals surface area contributed by atoms with E-state index >= 15 is 0 Å². The first-order valence-corrected chi connectivity index (χ1v) is 16.6. The van der Waals surface area contributed by atoms with E-state index in [9.17, 15) is 9.90 Å². The van der Waals surface area contributed by atoms with Crippen LogP contribution in [0.5, 0.6) is 5.75 Å². The number of methoxy groups -OCH3 is 1. The van der Waals surface area contributed by atoms with Gasteiger partial charge in [0.2, 0.25) is 0 Å². The summed E-state index contributed by atoms with van der Waals surface area (Å²) in [6.07, 6.45) is 7.22. The lowest BCUT2D eigenvalue weighted by atomic mass is 9.94. The van der Waals surface area contributed by atoms with Gasteiger partial charge in [0, 0.05) is 44.6 Å². The largest absolute Gasteiger partial charge is 0.488 e. The zero-order valence-electron chi connectivity index (χ0n) is 28.5. The fourth-order valence-electron chi connectivity index (χ4n) is 6.11. The van der Waals surface area contributed by atoms with Crippen molar-refractivity contribution < 1.29 is 24.1 Å². The molecule has 2 unspecified atom stereocenters. The molecule has 47 heavy (non-hydrogen) atoms. The van der Waals surface area contributed by atoms with E-state index in [-0.39, 0.29) is 17.4 Å². The topological polar surface area (TPSA) is 120 Å². The van der Waals surface area contributed by atoms with Gasteiger partial charge >= 0.3 is 5.97 Å². The molecule has 2 aliphatic rings. The first-order valence-electron chi connectivity index (χ1n) is 16.6. The number of aliphatic carboxylic acids is 1. The molecule has 5 rings (SSSR count). The molecule has 252 valence electrons. The number of para-hydroxylation sites is 1. The predicted octanol–water partition coefficient (Wildman–Crippen LogP) is 7.01. The minimum Gasteiger partial charge on any atom is -0.488 e. The van der Waals surface area contributed by atoms with Gasteiger partial charge in [-0.3, -0.25) is 4.90 Å². The summed E-state index contributed by atoms with van der Waals surface area (Å²) in [5.74, 6) is 0.00662. The van der Waals surface area contributed by atoms with Crippen LogP contribution >= 0.6 is 0 Å². The summed E-state index contributed by atoms with van der Waals surface area (Å²) >= 11 is 0. The number of rotatable bonds is 11. The second kappa shape index (κ2) is 17.8. The van der Waals surface area contributed by atoms with Gasteiger partial charge in [-0.05, 0) is 67.1 Å². The predicted molar refractivity (Wildman–Crippen MR) is 187 cm³/mol. The fourth-order valence-corrected chi connectivity index (χ4v) is 6.11. The van der Waals surface area contributed by atoms with Crippen molar-refractivity contribution in [1.82, 2.24) is 9.88 Å². The maximum Gasteiger partial charge on any atom is 0.339 e. The fraction of sp³-hybridized carbons (Fsp3) is 0.447. The number of carboxylic acids is 1. The standard InChI is InChI=1S/C33H38N4O5.C5H12/c1-21-6-4-7-26(28-8-5-9-31(36-28)35-22(2)27(17-34)33(38)39)32(21)42-19-23-10-11-25-18-37(14-12-24(25)16-23)29-13-15-41-20-30(29)40-3;1-3-5-4-2/h4-11,16-17,29-30H,12-15,18-20,34H2,1-3H3,(H,38,39);3-5H2,1-2H3/b27-17+,35-22+;. The van der Waals surface area contributed by atoms with Crippen molar-refractivity contribution in [3.8, 4) is 17.0 Å². The van der Waals surface area contributed by atoms with E-state index in [1.807, 2.05) is 37.3 Å². The number of aliphatic imine (C=N–C) groups is 1. The number of hydrogen-bond acceptors (Lipinski definition) is 8. The number of aromatic nitrogens is 1. The summed E-state index contributed by atoms with van der Waals surface area (Å²) in [6.45, 7) is 11.8. The summed E-state index contributed by atoms with van der Waals surface area (Å²) < 4.78 is 17.8. The minimum absolute atomic E-state index is 0.0673. The first kappa shape index (κ1) is 35.8. The van der Waals surface area contributed by atoms with Crippen molar-refractivity contribution >= 4 is 17.5 Å². The summed E-state index contributed by atoms with van der Waals surface area (Å²) in [5, 5.41) is 9.35. The number of carboxylic acid groups (broad SMARTS) is 1. The minimum atomic E-state index is -1.14. The molecule has 2 atom stereocenters. The lowest BCUT2D eigenvalue weighted by Gasteiger charge is -2.41. The molecule has 3 N–H and O–H groups in total. The lowest BCUT2D eigenvalue weighted by molar-refractivity contribution is -0.132. The third-order valence-electron chi connectivity index (χ3n) is 8.74. The highest BCUT2D eigenvalue weighted by atomic mass is 16.5. The van der Waals surface area contributed by atoms with Gasteiger partial charge in [0.1, 0.15) is 12.4 Å². The lowest BCUT2D eigenvalue weighted by Crippen LogP contribution is -2.51. The number of pyridine rings is 1. The van der Waals surface area contributed by atoms with Crippen LogP contribution in [0.4, 0.5) is 5.82 Å². The van der Waals surface area contributed by atoms with Gasteiger partial charge in [-0.25, -0.2) is 14.8 Å². The average Bonchev–Trinajstić information content (AvgIpc) is 3.08. The maximum atomic E-state index is 11.4. The third kappa shape index (κ3) is 9.50. The molecule has 1 fully saturated rings. The Hall–Kier alpha value is -4.05. The Morgan fingerprint density at radius 1 is 1.15 bits per heavy atom. The van der Waals surface area contributed by atoms with Crippen LogP contribution in [-0.4, -0.2) is 65.7 Å². The highest BCUT2D eigenvalue weighted by molar-refractivity contribution is 6.18. The molecule has 9 heteroatoms. The molecule has 0 saturated carbocycles. The number of benzene rings is 2. The van der Waals surface area contributed by atoms with E-state index in [4.69, 9.17) is 19.9 Å². The quantitative estimate of drug-likeness (QED) is 0.169. The molecule has 3 aromatic rings. The van der Waals surface area contributed by atoms with E-state index in [2.05, 4.69) is 46.9 Å². The molecule has 0 bridgehead atoms. The normalized spacial score (nSPS) is 18.6. The molecule has 1 saturated heterocycles. The van der Waals surface area contributed by atoms with Crippen LogP contribution in [0.2, 0.25) is 0 Å². The zero-order valence-corrected chi connectivity index (χ0v) is 28.5. The number of carbonyl (C=O) groups is 1. The Morgan fingerprint density at radius 3 is 2.64 bits per heavy atom. The van der Waals surface area contributed by atoms with Crippen LogP contribution in [0.25, 0.3) is 11.3 Å². The molecule has 9 nitrogen and oxygen atoms in total. The Kier molecular flexibility index (Phi) is 13.5. The van der Waals surface area contributed by atoms with Gasteiger partial charge in [0.25, 0.3) is 0 Å². The van der Waals surface area contributed by atoms with Gasteiger partial charge in [-0.2, -0.15) is 0 Å². The number of ether oxygens (including phenoxy) is 3. The SMILES string of the molecule is CCCCC.COC1COCCC1N1CCc2cc(COc3c(C)cccc3-c3cccc(/N=C(C)/C(=C\N)C(=O)O)n3)ccc2C1. The molecule has 2 aliphatic heterocycles. The first-order chi connectivity index (χ1) is 22.8. The number of nitrogens with two attached hydrogens (primary N) is 1. The van der Waals surface area contributed by atoms with Gasteiger partial charge in [0.05, 0.1) is 29.7 Å². The third-order valence-corrected chi connectivity index (χ3v) is 8.74. The van der Waals surface area contributed by atoms with Crippen LogP contribution in [0.3, 0.4) is 0 Å². The van der Waals surface area contributed by atoms with Crippen molar-refractivity contribution in [2.24, 2.45) is 10.7 Å². The highest BCUT2D eigenvalue weighted by Gasteiger charge is 2.32. The van der Waals surface area contributed by atoms with E-state index in [1.54, 1.807) is 20.1 Å². The molecule has 3 heterocycles. The van der Waals surface area contributed by atoms with Crippen LogP contribution in [0.1, 0.15) is 68.7 Å². The molecule has 0 amide bonds. The molecular weight excluding hydrogens is 592 g/mol. The van der Waals surface area contributed by atoms with Crippen molar-refractivity contribution in [2.75, 3.05) is 26.9 Å². The van der Waals surface area contributed by atoms with E-state index < -0.39 is 5.97 Å². The van der Waals surface area contributed by atoms with Gasteiger partial charge in [-0.1, -0.05) is 69.5 Å². The smallest absolute Gasteiger partial charge is 0.339 e. The Morgan fingerprint density at radius 2 is 1.94 bits per heavy atom. The van der Waals surface area contributed by atoms with Crippen LogP contribution < -0.4 is 10.5 Å². The number of hydrogen-bond donors (Lipinski definition) is 2. The second-order valence-corrected chi connectivity index (χ2v) is 12.1.